The van der Waals surface area contributed by atoms with Crippen LogP contribution >= 0.6 is 27.5 Å². The summed E-state index contributed by atoms with van der Waals surface area (Å²) in [6, 6.07) is 14.5. The Morgan fingerprint density at radius 1 is 1.05 bits per heavy atom. The van der Waals surface area contributed by atoms with Crippen molar-refractivity contribution in [3.63, 3.8) is 0 Å². The Morgan fingerprint density at radius 3 is 2.19 bits per heavy atom. The van der Waals surface area contributed by atoms with Gasteiger partial charge in [0.2, 0.25) is 0 Å². The van der Waals surface area contributed by atoms with E-state index < -0.39 is 0 Å². The van der Waals surface area contributed by atoms with Gasteiger partial charge in [0.05, 0.1) is 12.0 Å². The maximum Gasteiger partial charge on any atom is 0.120 e. The molecule has 0 fully saturated rings. The van der Waals surface area contributed by atoms with E-state index in [9.17, 15) is 0 Å². The molecule has 0 amide bonds. The molecule has 0 aliphatic rings. The van der Waals surface area contributed by atoms with Crippen molar-refractivity contribution in [2.24, 2.45) is 0 Å². The molecule has 0 radical (unpaired) electrons. The highest BCUT2D eigenvalue weighted by Crippen LogP contribution is 2.36. The molecule has 0 spiro atoms. The minimum absolute atomic E-state index is 0.170. The summed E-state index contributed by atoms with van der Waals surface area (Å²) in [5.41, 5.74) is 3.48. The van der Waals surface area contributed by atoms with Crippen molar-refractivity contribution in [2.75, 3.05) is 6.61 Å². The molecule has 1 atom stereocenters. The van der Waals surface area contributed by atoms with E-state index in [1.54, 1.807) is 0 Å². The molecule has 0 aliphatic heterocycles. The summed E-state index contributed by atoms with van der Waals surface area (Å²) in [7, 11) is 0. The minimum atomic E-state index is -0.170. The van der Waals surface area contributed by atoms with Crippen LogP contribution in [0.2, 0.25) is 0 Å². The Morgan fingerprint density at radius 2 is 1.67 bits per heavy atom. The predicted molar refractivity (Wildman–Crippen MR) is 93.5 cm³/mol. The first kappa shape index (κ1) is 16.4. The van der Waals surface area contributed by atoms with E-state index in [4.69, 9.17) is 16.3 Å². The molecule has 112 valence electrons. The number of hydrogen-bond acceptors (Lipinski definition) is 1. The molecule has 0 bridgehead atoms. The first-order chi connectivity index (χ1) is 10.0. The Bertz CT molecular complexity index is 593. The molecule has 0 N–H and O–H groups in total. The van der Waals surface area contributed by atoms with Crippen LogP contribution in [0.3, 0.4) is 0 Å². The normalized spacial score (nSPS) is 12.5. The minimum Gasteiger partial charge on any atom is -0.494 e. The summed E-state index contributed by atoms with van der Waals surface area (Å²) in [4.78, 5) is 0. The predicted octanol–water partition coefficient (Wildman–Crippen LogP) is 6.30. The molecule has 2 rings (SSSR count). The number of rotatable bonds is 5. The number of alkyl halides is 1. The maximum atomic E-state index is 6.63. The fraction of sp³-hybridized carbons (Fsp3) is 0.333. The van der Waals surface area contributed by atoms with Crippen molar-refractivity contribution in [1.82, 2.24) is 0 Å². The second kappa shape index (κ2) is 7.33. The topological polar surface area (TPSA) is 9.23 Å². The van der Waals surface area contributed by atoms with Crippen molar-refractivity contribution in [3.8, 4) is 5.75 Å². The third-order valence-electron chi connectivity index (χ3n) is 3.45. The highest BCUT2D eigenvalue weighted by atomic mass is 79.9. The lowest BCUT2D eigenvalue weighted by molar-refractivity contribution is 0.340. The molecular formula is C18H20BrClO. The molecule has 21 heavy (non-hydrogen) atoms. The summed E-state index contributed by atoms with van der Waals surface area (Å²) in [5.74, 6) is 1.39. The Labute approximate surface area is 140 Å². The van der Waals surface area contributed by atoms with Crippen LogP contribution in [0.4, 0.5) is 0 Å². The van der Waals surface area contributed by atoms with Crippen LogP contribution in [0.25, 0.3) is 0 Å². The summed E-state index contributed by atoms with van der Waals surface area (Å²) < 4.78 is 6.47. The van der Waals surface area contributed by atoms with E-state index >= 15 is 0 Å². The zero-order chi connectivity index (χ0) is 15.4. The Kier molecular flexibility index (Phi) is 5.72. The summed E-state index contributed by atoms with van der Waals surface area (Å²) >= 11 is 10.2. The lowest BCUT2D eigenvalue weighted by Crippen LogP contribution is -1.97. The molecule has 0 saturated carbocycles. The van der Waals surface area contributed by atoms with Gasteiger partial charge in [-0.05, 0) is 41.7 Å². The van der Waals surface area contributed by atoms with Gasteiger partial charge in [-0.2, -0.15) is 0 Å². The van der Waals surface area contributed by atoms with Crippen LogP contribution in [0.5, 0.6) is 5.75 Å². The van der Waals surface area contributed by atoms with E-state index in [-0.39, 0.29) is 5.38 Å². The van der Waals surface area contributed by atoms with Crippen LogP contribution < -0.4 is 4.74 Å². The molecule has 0 heterocycles. The van der Waals surface area contributed by atoms with Crippen LogP contribution in [0, 0.1) is 0 Å². The summed E-state index contributed by atoms with van der Waals surface area (Å²) in [6.07, 6.45) is 0. The SMILES string of the molecule is CCOc1ccc(C(Cl)c2ccc(C(C)C)cc2)c(Br)c1. The molecular weight excluding hydrogens is 348 g/mol. The van der Waals surface area contributed by atoms with E-state index in [1.165, 1.54) is 5.56 Å². The molecule has 0 aromatic heterocycles. The number of ether oxygens (including phenoxy) is 1. The average Bonchev–Trinajstić information content (AvgIpc) is 2.47. The molecule has 2 aromatic carbocycles. The van der Waals surface area contributed by atoms with Crippen molar-refractivity contribution >= 4 is 27.5 Å². The highest BCUT2D eigenvalue weighted by Gasteiger charge is 2.15. The van der Waals surface area contributed by atoms with Crippen LogP contribution in [0.15, 0.2) is 46.9 Å². The highest BCUT2D eigenvalue weighted by molar-refractivity contribution is 9.10. The van der Waals surface area contributed by atoms with Crippen LogP contribution in [0.1, 0.15) is 48.8 Å². The Hall–Kier alpha value is -0.990. The van der Waals surface area contributed by atoms with Gasteiger partial charge in [0, 0.05) is 4.47 Å². The van der Waals surface area contributed by atoms with E-state index in [0.717, 1.165) is 21.3 Å². The van der Waals surface area contributed by atoms with Gasteiger partial charge in [-0.25, -0.2) is 0 Å². The van der Waals surface area contributed by atoms with Gasteiger partial charge in [0.1, 0.15) is 5.75 Å². The van der Waals surface area contributed by atoms with E-state index in [2.05, 4.69) is 54.0 Å². The van der Waals surface area contributed by atoms with Gasteiger partial charge in [0.25, 0.3) is 0 Å². The third-order valence-corrected chi connectivity index (χ3v) is 4.63. The van der Waals surface area contributed by atoms with Gasteiger partial charge in [-0.1, -0.05) is 60.1 Å². The summed E-state index contributed by atoms with van der Waals surface area (Å²) in [5, 5.41) is -0.170. The third kappa shape index (κ3) is 4.02. The maximum absolute atomic E-state index is 6.63. The summed E-state index contributed by atoms with van der Waals surface area (Å²) in [6.45, 7) is 7.02. The van der Waals surface area contributed by atoms with Gasteiger partial charge in [-0.15, -0.1) is 11.6 Å². The van der Waals surface area contributed by atoms with Crippen molar-refractivity contribution < 1.29 is 4.74 Å². The quantitative estimate of drug-likeness (QED) is 0.563. The molecule has 0 saturated heterocycles. The first-order valence-electron chi connectivity index (χ1n) is 7.19. The standard InChI is InChI=1S/C18H20BrClO/c1-4-21-15-9-10-16(17(19)11-15)18(20)14-7-5-13(6-8-14)12(2)3/h5-12,18H,4H2,1-3H3. The monoisotopic (exact) mass is 366 g/mol. The molecule has 2 aromatic rings. The van der Waals surface area contributed by atoms with Gasteiger partial charge < -0.3 is 4.74 Å². The Balaban J connectivity index is 2.24. The molecule has 1 unspecified atom stereocenters. The number of hydrogen-bond donors (Lipinski definition) is 0. The lowest BCUT2D eigenvalue weighted by Gasteiger charge is -2.15. The van der Waals surface area contributed by atoms with E-state index in [1.807, 2.05) is 25.1 Å². The van der Waals surface area contributed by atoms with E-state index in [0.29, 0.717) is 12.5 Å². The molecule has 0 aliphatic carbocycles. The average molecular weight is 368 g/mol. The zero-order valence-electron chi connectivity index (χ0n) is 12.6. The van der Waals surface area contributed by atoms with Gasteiger partial charge in [0.15, 0.2) is 0 Å². The number of benzene rings is 2. The lowest BCUT2D eigenvalue weighted by atomic mass is 9.98. The van der Waals surface area contributed by atoms with Crippen LogP contribution in [-0.2, 0) is 0 Å². The van der Waals surface area contributed by atoms with Crippen LogP contribution in [-0.4, -0.2) is 6.61 Å². The zero-order valence-corrected chi connectivity index (χ0v) is 14.9. The molecule has 1 nitrogen and oxygen atoms in total. The second-order valence-corrected chi connectivity index (χ2v) is 6.59. The smallest absolute Gasteiger partial charge is 0.120 e. The largest absolute Gasteiger partial charge is 0.494 e. The fourth-order valence-corrected chi connectivity index (χ4v) is 3.25. The van der Waals surface area contributed by atoms with Crippen molar-refractivity contribution in [3.05, 3.63) is 63.6 Å². The van der Waals surface area contributed by atoms with Crippen molar-refractivity contribution in [1.29, 1.82) is 0 Å². The second-order valence-electron chi connectivity index (χ2n) is 5.30. The molecule has 3 heteroatoms. The van der Waals surface area contributed by atoms with Crippen molar-refractivity contribution in [2.45, 2.75) is 32.1 Å². The fourth-order valence-electron chi connectivity index (χ4n) is 2.20. The van der Waals surface area contributed by atoms with Gasteiger partial charge >= 0.3 is 0 Å². The number of halogens is 2. The van der Waals surface area contributed by atoms with Gasteiger partial charge in [-0.3, -0.25) is 0 Å². The first-order valence-corrected chi connectivity index (χ1v) is 8.42.